The van der Waals surface area contributed by atoms with Crippen LogP contribution in [0.3, 0.4) is 0 Å². The molecule has 1 atom stereocenters. The molecule has 0 aliphatic carbocycles. The molecule has 0 radical (unpaired) electrons. The van der Waals surface area contributed by atoms with Gasteiger partial charge in [0, 0.05) is 12.7 Å². The van der Waals surface area contributed by atoms with Crippen LogP contribution < -0.4 is 0 Å². The second-order valence-electron chi connectivity index (χ2n) is 5.22. The van der Waals surface area contributed by atoms with Crippen LogP contribution in [0.5, 0.6) is 0 Å². The summed E-state index contributed by atoms with van der Waals surface area (Å²) in [6, 6.07) is 3.84. The molecule has 1 aliphatic rings. The van der Waals surface area contributed by atoms with Gasteiger partial charge in [0.2, 0.25) is 5.91 Å². The highest BCUT2D eigenvalue weighted by Crippen LogP contribution is 2.18. The number of hydrogen-bond acceptors (Lipinski definition) is 3. The Morgan fingerprint density at radius 1 is 1.47 bits per heavy atom. The molecule has 2 rings (SSSR count). The van der Waals surface area contributed by atoms with Crippen LogP contribution in [0, 0.1) is 6.92 Å². The Balaban J connectivity index is 2.07. The van der Waals surface area contributed by atoms with Gasteiger partial charge < -0.3 is 10.0 Å². The summed E-state index contributed by atoms with van der Waals surface area (Å²) in [6.07, 6.45) is 6.23. The van der Waals surface area contributed by atoms with Crippen molar-refractivity contribution >= 4 is 5.91 Å². The van der Waals surface area contributed by atoms with Crippen molar-refractivity contribution in [3.8, 4) is 0 Å². The first kappa shape index (κ1) is 14.0. The van der Waals surface area contributed by atoms with Gasteiger partial charge in [0.05, 0.1) is 24.8 Å². The number of amides is 1. The van der Waals surface area contributed by atoms with E-state index in [4.69, 9.17) is 0 Å². The molecular formula is C15H22N2O2. The molecule has 1 fully saturated rings. The summed E-state index contributed by atoms with van der Waals surface area (Å²) in [5, 5.41) is 9.45. The molecule has 1 unspecified atom stereocenters. The quantitative estimate of drug-likeness (QED) is 0.902. The smallest absolute Gasteiger partial charge is 0.228 e. The van der Waals surface area contributed by atoms with Crippen LogP contribution >= 0.6 is 0 Å². The molecule has 104 valence electrons. The molecule has 1 amide bonds. The first-order valence-electron chi connectivity index (χ1n) is 7.03. The summed E-state index contributed by atoms with van der Waals surface area (Å²) in [5.41, 5.74) is 1.89. The zero-order valence-corrected chi connectivity index (χ0v) is 11.5. The average Bonchev–Trinajstić information content (AvgIpc) is 2.66. The highest BCUT2D eigenvalue weighted by atomic mass is 16.3. The van der Waals surface area contributed by atoms with Crippen molar-refractivity contribution in [1.29, 1.82) is 0 Å². The van der Waals surface area contributed by atoms with Crippen molar-refractivity contribution in [3.05, 3.63) is 29.6 Å². The molecule has 2 heterocycles. The second kappa shape index (κ2) is 6.66. The van der Waals surface area contributed by atoms with Gasteiger partial charge in [-0.15, -0.1) is 0 Å². The molecule has 1 saturated heterocycles. The van der Waals surface area contributed by atoms with E-state index in [1.54, 1.807) is 6.20 Å². The first-order chi connectivity index (χ1) is 9.22. The second-order valence-corrected chi connectivity index (χ2v) is 5.22. The molecule has 19 heavy (non-hydrogen) atoms. The van der Waals surface area contributed by atoms with Crippen molar-refractivity contribution in [1.82, 2.24) is 9.88 Å². The summed E-state index contributed by atoms with van der Waals surface area (Å²) < 4.78 is 0. The van der Waals surface area contributed by atoms with E-state index in [9.17, 15) is 9.90 Å². The summed E-state index contributed by atoms with van der Waals surface area (Å²) in [7, 11) is 0. The van der Waals surface area contributed by atoms with Gasteiger partial charge in [-0.1, -0.05) is 18.9 Å². The lowest BCUT2D eigenvalue weighted by Crippen LogP contribution is -2.43. The number of likely N-dealkylation sites (tertiary alicyclic amines) is 1. The molecule has 1 N–H and O–H groups in total. The molecule has 1 aromatic rings. The predicted molar refractivity (Wildman–Crippen MR) is 73.7 cm³/mol. The van der Waals surface area contributed by atoms with Gasteiger partial charge in [-0.2, -0.15) is 0 Å². The van der Waals surface area contributed by atoms with Crippen LogP contribution in [0.25, 0.3) is 0 Å². The molecule has 4 nitrogen and oxygen atoms in total. The maximum Gasteiger partial charge on any atom is 0.228 e. The van der Waals surface area contributed by atoms with Crippen LogP contribution in [0.4, 0.5) is 0 Å². The van der Waals surface area contributed by atoms with E-state index in [1.165, 1.54) is 0 Å². The number of pyridine rings is 1. The number of carbonyl (C=O) groups excluding carboxylic acids is 1. The van der Waals surface area contributed by atoms with Gasteiger partial charge in [0.15, 0.2) is 0 Å². The van der Waals surface area contributed by atoms with Crippen LogP contribution in [0.1, 0.15) is 36.9 Å². The van der Waals surface area contributed by atoms with E-state index in [0.717, 1.165) is 43.5 Å². The van der Waals surface area contributed by atoms with Gasteiger partial charge in [-0.25, -0.2) is 0 Å². The average molecular weight is 262 g/mol. The van der Waals surface area contributed by atoms with Gasteiger partial charge in [-0.05, 0) is 31.4 Å². The summed E-state index contributed by atoms with van der Waals surface area (Å²) >= 11 is 0. The zero-order valence-electron chi connectivity index (χ0n) is 11.5. The minimum Gasteiger partial charge on any atom is -0.394 e. The summed E-state index contributed by atoms with van der Waals surface area (Å²) in [4.78, 5) is 18.5. The van der Waals surface area contributed by atoms with E-state index >= 15 is 0 Å². The molecular weight excluding hydrogens is 240 g/mol. The number of aromatic nitrogens is 1. The number of carbonyl (C=O) groups is 1. The first-order valence-corrected chi connectivity index (χ1v) is 7.03. The summed E-state index contributed by atoms with van der Waals surface area (Å²) in [6.45, 7) is 2.80. The van der Waals surface area contributed by atoms with Crippen LogP contribution in [-0.4, -0.2) is 40.1 Å². The Morgan fingerprint density at radius 2 is 2.32 bits per heavy atom. The number of aryl methyl sites for hydroxylation is 1. The maximum atomic E-state index is 12.4. The third-order valence-electron chi connectivity index (χ3n) is 3.84. The number of nitrogens with zero attached hydrogens (tertiary/aromatic N) is 2. The highest BCUT2D eigenvalue weighted by Gasteiger charge is 2.25. The molecule has 0 bridgehead atoms. The molecule has 1 aliphatic heterocycles. The van der Waals surface area contributed by atoms with E-state index < -0.39 is 0 Å². The van der Waals surface area contributed by atoms with E-state index in [2.05, 4.69) is 4.98 Å². The zero-order chi connectivity index (χ0) is 13.7. The lowest BCUT2D eigenvalue weighted by molar-refractivity contribution is -0.133. The number of rotatable bonds is 3. The minimum absolute atomic E-state index is 0.0148. The molecule has 1 aromatic heterocycles. The Hall–Kier alpha value is -1.42. The van der Waals surface area contributed by atoms with Crippen LogP contribution in [-0.2, 0) is 11.2 Å². The van der Waals surface area contributed by atoms with Gasteiger partial charge in [-0.3, -0.25) is 9.78 Å². The fraction of sp³-hybridized carbons (Fsp3) is 0.600. The number of aliphatic hydroxyl groups is 1. The van der Waals surface area contributed by atoms with Crippen LogP contribution in [0.2, 0.25) is 0 Å². The van der Waals surface area contributed by atoms with Crippen LogP contribution in [0.15, 0.2) is 18.3 Å². The van der Waals surface area contributed by atoms with Crippen molar-refractivity contribution < 1.29 is 9.90 Å². The maximum absolute atomic E-state index is 12.4. The number of aliphatic hydroxyl groups excluding tert-OH is 1. The number of hydrogen-bond donors (Lipinski definition) is 1. The third kappa shape index (κ3) is 3.53. The van der Waals surface area contributed by atoms with E-state index in [1.807, 2.05) is 24.0 Å². The fourth-order valence-corrected chi connectivity index (χ4v) is 2.64. The van der Waals surface area contributed by atoms with Gasteiger partial charge in [0.25, 0.3) is 0 Å². The Labute approximate surface area is 114 Å². The Morgan fingerprint density at radius 3 is 3.05 bits per heavy atom. The predicted octanol–water partition coefficient (Wildman–Crippen LogP) is 1.70. The minimum atomic E-state index is -0.0148. The summed E-state index contributed by atoms with van der Waals surface area (Å²) in [5.74, 6) is 0.0859. The third-order valence-corrected chi connectivity index (χ3v) is 3.84. The standard InChI is InChI=1S/C15H22N2O2/c1-12-6-5-8-16-14(12)10-15(19)17-9-4-2-3-7-13(17)11-18/h5-6,8,13,18H,2-4,7,9-11H2,1H3. The monoisotopic (exact) mass is 262 g/mol. The molecule has 4 heteroatoms. The topological polar surface area (TPSA) is 53.4 Å². The van der Waals surface area contributed by atoms with Gasteiger partial charge in [0.1, 0.15) is 0 Å². The Kier molecular flexibility index (Phi) is 4.91. The molecule has 0 aromatic carbocycles. The van der Waals surface area contributed by atoms with Crippen molar-refractivity contribution in [2.45, 2.75) is 45.1 Å². The lowest BCUT2D eigenvalue weighted by Gasteiger charge is -2.28. The van der Waals surface area contributed by atoms with Crippen molar-refractivity contribution in [2.75, 3.05) is 13.2 Å². The SMILES string of the molecule is Cc1cccnc1CC(=O)N1CCCCCC1CO. The Bertz CT molecular complexity index is 434. The lowest BCUT2D eigenvalue weighted by atomic mass is 10.1. The van der Waals surface area contributed by atoms with Gasteiger partial charge >= 0.3 is 0 Å². The largest absolute Gasteiger partial charge is 0.394 e. The van der Waals surface area contributed by atoms with Crippen molar-refractivity contribution in [2.24, 2.45) is 0 Å². The van der Waals surface area contributed by atoms with Crippen molar-refractivity contribution in [3.63, 3.8) is 0 Å². The highest BCUT2D eigenvalue weighted by molar-refractivity contribution is 5.79. The molecule has 0 saturated carbocycles. The van der Waals surface area contributed by atoms with E-state index in [-0.39, 0.29) is 18.6 Å². The normalized spacial score (nSPS) is 20.1. The molecule has 0 spiro atoms. The fourth-order valence-electron chi connectivity index (χ4n) is 2.64. The van der Waals surface area contributed by atoms with E-state index in [0.29, 0.717) is 6.42 Å².